The van der Waals surface area contributed by atoms with E-state index in [9.17, 15) is 4.39 Å². The molecule has 3 aromatic rings. The van der Waals surface area contributed by atoms with Gasteiger partial charge in [-0.3, -0.25) is 0 Å². The van der Waals surface area contributed by atoms with Crippen molar-refractivity contribution in [2.24, 2.45) is 0 Å². The second-order valence-electron chi connectivity index (χ2n) is 5.61. The minimum Gasteiger partial charge on any atom is -0.207 e. The van der Waals surface area contributed by atoms with Gasteiger partial charge in [0.25, 0.3) is 0 Å². The summed E-state index contributed by atoms with van der Waals surface area (Å²) in [5.41, 5.74) is 5.77. The highest BCUT2D eigenvalue weighted by atomic mass is 35.5. The van der Waals surface area contributed by atoms with Crippen LogP contribution in [0.1, 0.15) is 16.7 Å². The molecule has 0 atom stereocenters. The SMILES string of the molecule is Fc1ccc(C=C2c3cc(Cl)ccc3-c3c(Cl)cc(Cl)cc32)cc1. The summed E-state index contributed by atoms with van der Waals surface area (Å²) >= 11 is 18.8. The molecule has 0 amide bonds. The summed E-state index contributed by atoms with van der Waals surface area (Å²) in [6.07, 6.45) is 1.99. The zero-order chi connectivity index (χ0) is 16.8. The summed E-state index contributed by atoms with van der Waals surface area (Å²) in [4.78, 5) is 0. The van der Waals surface area contributed by atoms with Crippen molar-refractivity contribution >= 4 is 46.5 Å². The number of fused-ring (bicyclic) bond motifs is 3. The van der Waals surface area contributed by atoms with Gasteiger partial charge >= 0.3 is 0 Å². The van der Waals surface area contributed by atoms with Crippen LogP contribution in [0.25, 0.3) is 22.8 Å². The van der Waals surface area contributed by atoms with Crippen molar-refractivity contribution in [2.45, 2.75) is 0 Å². The largest absolute Gasteiger partial charge is 0.207 e. The van der Waals surface area contributed by atoms with E-state index in [1.54, 1.807) is 18.2 Å². The molecule has 0 N–H and O–H groups in total. The number of benzene rings is 3. The van der Waals surface area contributed by atoms with Crippen LogP contribution in [0.5, 0.6) is 0 Å². The Bertz CT molecular complexity index is 989. The molecule has 3 aromatic carbocycles. The molecule has 0 fully saturated rings. The molecule has 0 aromatic heterocycles. The van der Waals surface area contributed by atoms with Gasteiger partial charge in [0.2, 0.25) is 0 Å². The van der Waals surface area contributed by atoms with Crippen LogP contribution in [0, 0.1) is 5.82 Å². The molecule has 4 rings (SSSR count). The van der Waals surface area contributed by atoms with Gasteiger partial charge in [-0.25, -0.2) is 4.39 Å². The number of hydrogen-bond donors (Lipinski definition) is 0. The Labute approximate surface area is 154 Å². The fourth-order valence-corrected chi connectivity index (χ4v) is 3.81. The van der Waals surface area contributed by atoms with Crippen LogP contribution in [-0.4, -0.2) is 0 Å². The third-order valence-electron chi connectivity index (χ3n) is 4.07. The third kappa shape index (κ3) is 2.63. The first-order valence-electron chi connectivity index (χ1n) is 7.30. The van der Waals surface area contributed by atoms with Crippen molar-refractivity contribution in [2.75, 3.05) is 0 Å². The smallest absolute Gasteiger partial charge is 0.123 e. The predicted octanol–water partition coefficient (Wildman–Crippen LogP) is 7.36. The van der Waals surface area contributed by atoms with E-state index in [0.29, 0.717) is 15.1 Å². The predicted molar refractivity (Wildman–Crippen MR) is 100 cm³/mol. The lowest BCUT2D eigenvalue weighted by molar-refractivity contribution is 0.628. The number of hydrogen-bond acceptors (Lipinski definition) is 0. The minimum absolute atomic E-state index is 0.265. The zero-order valence-electron chi connectivity index (χ0n) is 12.3. The minimum atomic E-state index is -0.265. The van der Waals surface area contributed by atoms with Gasteiger partial charge in [0.05, 0.1) is 5.02 Å². The Balaban J connectivity index is 2.01. The first kappa shape index (κ1) is 15.7. The zero-order valence-corrected chi connectivity index (χ0v) is 14.6. The summed E-state index contributed by atoms with van der Waals surface area (Å²) in [7, 11) is 0. The molecular formula is C20H10Cl3F. The molecule has 0 saturated heterocycles. The van der Waals surface area contributed by atoms with E-state index in [1.165, 1.54) is 12.1 Å². The summed E-state index contributed by atoms with van der Waals surface area (Å²) < 4.78 is 13.2. The van der Waals surface area contributed by atoms with Gasteiger partial charge in [0.1, 0.15) is 5.82 Å². The molecule has 0 saturated carbocycles. The lowest BCUT2D eigenvalue weighted by Gasteiger charge is -2.05. The van der Waals surface area contributed by atoms with Crippen LogP contribution in [0.4, 0.5) is 4.39 Å². The van der Waals surface area contributed by atoms with Crippen molar-refractivity contribution in [3.63, 3.8) is 0 Å². The topological polar surface area (TPSA) is 0 Å². The Morgan fingerprint density at radius 1 is 0.708 bits per heavy atom. The fourth-order valence-electron chi connectivity index (χ4n) is 3.04. The maximum absolute atomic E-state index is 13.2. The summed E-state index contributed by atoms with van der Waals surface area (Å²) in [5, 5.41) is 1.82. The highest BCUT2D eigenvalue weighted by molar-refractivity contribution is 6.38. The van der Waals surface area contributed by atoms with Crippen molar-refractivity contribution in [1.82, 2.24) is 0 Å². The van der Waals surface area contributed by atoms with Gasteiger partial charge in [0, 0.05) is 15.6 Å². The van der Waals surface area contributed by atoms with E-state index in [0.717, 1.165) is 33.4 Å². The highest BCUT2D eigenvalue weighted by Crippen LogP contribution is 2.49. The lowest BCUT2D eigenvalue weighted by Crippen LogP contribution is -1.84. The Hall–Kier alpha value is -1.80. The van der Waals surface area contributed by atoms with E-state index in [4.69, 9.17) is 34.8 Å². The molecule has 0 heterocycles. The summed E-state index contributed by atoms with van der Waals surface area (Å²) in [5.74, 6) is -0.265. The third-order valence-corrected chi connectivity index (χ3v) is 4.82. The molecule has 0 unspecified atom stereocenters. The highest BCUT2D eigenvalue weighted by Gasteiger charge is 2.26. The second kappa shape index (κ2) is 5.93. The Kier molecular flexibility index (Phi) is 3.88. The average Bonchev–Trinajstić information content (AvgIpc) is 2.83. The quantitative estimate of drug-likeness (QED) is 0.326. The molecule has 1 aliphatic carbocycles. The summed E-state index contributed by atoms with van der Waals surface area (Å²) in [6.45, 7) is 0. The first-order chi connectivity index (χ1) is 11.5. The number of halogens is 4. The van der Waals surface area contributed by atoms with Crippen molar-refractivity contribution < 1.29 is 4.39 Å². The van der Waals surface area contributed by atoms with Crippen LogP contribution in [0.2, 0.25) is 15.1 Å². The molecule has 0 aliphatic heterocycles. The molecular weight excluding hydrogens is 366 g/mol. The van der Waals surface area contributed by atoms with E-state index >= 15 is 0 Å². The van der Waals surface area contributed by atoms with Crippen LogP contribution >= 0.6 is 34.8 Å². The molecule has 0 spiro atoms. The number of rotatable bonds is 1. The average molecular weight is 376 g/mol. The van der Waals surface area contributed by atoms with E-state index in [1.807, 2.05) is 30.3 Å². The van der Waals surface area contributed by atoms with Crippen LogP contribution in [0.3, 0.4) is 0 Å². The molecule has 0 radical (unpaired) electrons. The maximum Gasteiger partial charge on any atom is 0.123 e. The van der Waals surface area contributed by atoms with Crippen LogP contribution in [-0.2, 0) is 0 Å². The molecule has 4 heteroatoms. The molecule has 0 nitrogen and oxygen atoms in total. The van der Waals surface area contributed by atoms with Crippen molar-refractivity contribution in [3.8, 4) is 11.1 Å². The Morgan fingerprint density at radius 3 is 2.17 bits per heavy atom. The molecule has 24 heavy (non-hydrogen) atoms. The second-order valence-corrected chi connectivity index (χ2v) is 6.89. The molecule has 118 valence electrons. The molecule has 1 aliphatic rings. The molecule has 0 bridgehead atoms. The van der Waals surface area contributed by atoms with Crippen LogP contribution < -0.4 is 0 Å². The van der Waals surface area contributed by atoms with Gasteiger partial charge in [-0.15, -0.1) is 0 Å². The van der Waals surface area contributed by atoms with Crippen molar-refractivity contribution in [1.29, 1.82) is 0 Å². The normalized spacial score (nSPS) is 13.9. The van der Waals surface area contributed by atoms with Gasteiger partial charge in [-0.2, -0.15) is 0 Å². The monoisotopic (exact) mass is 374 g/mol. The lowest BCUT2D eigenvalue weighted by atomic mass is 10.0. The fraction of sp³-hybridized carbons (Fsp3) is 0. The Morgan fingerprint density at radius 2 is 1.42 bits per heavy atom. The standard InChI is InChI=1S/C20H10Cl3F/c21-12-3-6-15-17(8-12)16(7-11-1-4-14(24)5-2-11)18-9-13(22)10-19(23)20(15)18/h1-10H. The summed E-state index contributed by atoms with van der Waals surface area (Å²) in [6, 6.07) is 15.7. The maximum atomic E-state index is 13.2. The van der Waals surface area contributed by atoms with Crippen molar-refractivity contribution in [3.05, 3.63) is 92.2 Å². The van der Waals surface area contributed by atoms with E-state index in [2.05, 4.69) is 0 Å². The van der Waals surface area contributed by atoms with Crippen LogP contribution in [0.15, 0.2) is 54.6 Å². The van der Waals surface area contributed by atoms with E-state index in [-0.39, 0.29) is 5.82 Å². The van der Waals surface area contributed by atoms with Gasteiger partial charge < -0.3 is 0 Å². The van der Waals surface area contributed by atoms with Gasteiger partial charge in [0.15, 0.2) is 0 Å². The van der Waals surface area contributed by atoms with Gasteiger partial charge in [-0.05, 0) is 70.3 Å². The van der Waals surface area contributed by atoms with E-state index < -0.39 is 0 Å². The van der Waals surface area contributed by atoms with Gasteiger partial charge in [-0.1, -0.05) is 53.0 Å². The first-order valence-corrected chi connectivity index (χ1v) is 8.43.